The molecule has 4 rings (SSSR count). The number of anilines is 1. The second-order valence-corrected chi connectivity index (χ2v) is 8.70. The van der Waals surface area contributed by atoms with Crippen LogP contribution in [0.15, 0.2) is 42.5 Å². The molecule has 2 aromatic rings. The SMILES string of the molecule is O=C(CN1CCCN(Cc2ccc(F)cc2)S1(=O)=O)Nc1ccc2c(c1)OCO2. The maximum absolute atomic E-state index is 13.1. The summed E-state index contributed by atoms with van der Waals surface area (Å²) in [6.45, 7) is 0.568. The van der Waals surface area contributed by atoms with Crippen molar-refractivity contribution >= 4 is 21.8 Å². The number of carbonyl (C=O) groups excluding carboxylic acids is 1. The third kappa shape index (κ3) is 4.34. The van der Waals surface area contributed by atoms with Crippen LogP contribution in [0.3, 0.4) is 0 Å². The van der Waals surface area contributed by atoms with Crippen molar-refractivity contribution in [2.24, 2.45) is 0 Å². The van der Waals surface area contributed by atoms with Gasteiger partial charge in [-0.25, -0.2) is 4.39 Å². The minimum atomic E-state index is -3.80. The lowest BCUT2D eigenvalue weighted by Gasteiger charge is -2.34. The Balaban J connectivity index is 1.41. The van der Waals surface area contributed by atoms with E-state index in [1.807, 2.05) is 0 Å². The monoisotopic (exact) mass is 421 g/mol. The van der Waals surface area contributed by atoms with Crippen LogP contribution in [-0.4, -0.2) is 49.4 Å². The number of ether oxygens (including phenoxy) is 2. The largest absolute Gasteiger partial charge is 0.454 e. The summed E-state index contributed by atoms with van der Waals surface area (Å²) in [5.74, 6) is 0.296. The molecule has 1 saturated heterocycles. The molecule has 1 amide bonds. The van der Waals surface area contributed by atoms with E-state index >= 15 is 0 Å². The van der Waals surface area contributed by atoms with Crippen molar-refractivity contribution in [1.29, 1.82) is 0 Å². The van der Waals surface area contributed by atoms with Crippen molar-refractivity contribution in [3.63, 3.8) is 0 Å². The first-order chi connectivity index (χ1) is 13.9. The highest BCUT2D eigenvalue weighted by Crippen LogP contribution is 2.34. The van der Waals surface area contributed by atoms with Gasteiger partial charge in [0, 0.05) is 31.4 Å². The van der Waals surface area contributed by atoms with Crippen LogP contribution in [0, 0.1) is 5.82 Å². The van der Waals surface area contributed by atoms with E-state index in [1.165, 1.54) is 16.4 Å². The van der Waals surface area contributed by atoms with Crippen LogP contribution in [0.4, 0.5) is 10.1 Å². The van der Waals surface area contributed by atoms with Crippen LogP contribution < -0.4 is 14.8 Å². The minimum Gasteiger partial charge on any atom is -0.454 e. The molecule has 0 radical (unpaired) electrons. The van der Waals surface area contributed by atoms with E-state index in [0.29, 0.717) is 35.7 Å². The molecule has 0 unspecified atom stereocenters. The van der Waals surface area contributed by atoms with Crippen LogP contribution in [0.2, 0.25) is 0 Å². The van der Waals surface area contributed by atoms with E-state index in [9.17, 15) is 17.6 Å². The van der Waals surface area contributed by atoms with Crippen molar-refractivity contribution in [2.75, 3.05) is 31.7 Å². The molecule has 1 fully saturated rings. The quantitative estimate of drug-likeness (QED) is 0.797. The first kappa shape index (κ1) is 19.6. The zero-order valence-corrected chi connectivity index (χ0v) is 16.3. The zero-order valence-electron chi connectivity index (χ0n) is 15.5. The van der Waals surface area contributed by atoms with E-state index in [4.69, 9.17) is 9.47 Å². The van der Waals surface area contributed by atoms with Gasteiger partial charge in [0.1, 0.15) is 5.82 Å². The standard InChI is InChI=1S/C19H20FN3O5S/c20-15-4-2-14(3-5-15)11-22-8-1-9-23(29(22,25)26)12-19(24)21-16-6-7-17-18(10-16)28-13-27-17/h2-7,10H,1,8-9,11-13H2,(H,21,24). The van der Waals surface area contributed by atoms with E-state index in [2.05, 4.69) is 5.32 Å². The van der Waals surface area contributed by atoms with Gasteiger partial charge in [-0.1, -0.05) is 12.1 Å². The van der Waals surface area contributed by atoms with Crippen molar-refractivity contribution in [1.82, 2.24) is 8.61 Å². The lowest BCUT2D eigenvalue weighted by molar-refractivity contribution is -0.116. The second-order valence-electron chi connectivity index (χ2n) is 6.77. The van der Waals surface area contributed by atoms with Crippen molar-refractivity contribution in [3.8, 4) is 11.5 Å². The molecule has 10 heteroatoms. The first-order valence-electron chi connectivity index (χ1n) is 9.11. The molecule has 2 aliphatic rings. The van der Waals surface area contributed by atoms with Crippen molar-refractivity contribution in [3.05, 3.63) is 53.8 Å². The molecule has 2 heterocycles. The molecule has 0 atom stereocenters. The van der Waals surface area contributed by atoms with Gasteiger partial charge in [-0.3, -0.25) is 4.79 Å². The number of nitrogens with zero attached hydrogens (tertiary/aromatic N) is 2. The first-order valence-corrected chi connectivity index (χ1v) is 10.5. The number of carbonyl (C=O) groups is 1. The summed E-state index contributed by atoms with van der Waals surface area (Å²) < 4.78 is 51.8. The summed E-state index contributed by atoms with van der Waals surface area (Å²) in [4.78, 5) is 12.4. The van der Waals surface area contributed by atoms with Gasteiger partial charge < -0.3 is 14.8 Å². The third-order valence-electron chi connectivity index (χ3n) is 4.72. The Morgan fingerprint density at radius 2 is 1.76 bits per heavy atom. The molecular weight excluding hydrogens is 401 g/mol. The summed E-state index contributed by atoms with van der Waals surface area (Å²) in [7, 11) is -3.80. The van der Waals surface area contributed by atoms with E-state index in [0.717, 1.165) is 4.31 Å². The molecule has 2 aromatic carbocycles. The molecule has 0 saturated carbocycles. The third-order valence-corrected chi connectivity index (χ3v) is 6.64. The van der Waals surface area contributed by atoms with Gasteiger partial charge in [-0.05, 0) is 36.2 Å². The van der Waals surface area contributed by atoms with Gasteiger partial charge in [0.25, 0.3) is 10.2 Å². The van der Waals surface area contributed by atoms with Crippen molar-refractivity contribution < 1.29 is 27.1 Å². The molecular formula is C19H20FN3O5S. The van der Waals surface area contributed by atoms with Crippen molar-refractivity contribution in [2.45, 2.75) is 13.0 Å². The molecule has 1 N–H and O–H groups in total. The Hall–Kier alpha value is -2.69. The fourth-order valence-corrected chi connectivity index (χ4v) is 4.91. The number of hydrogen-bond acceptors (Lipinski definition) is 5. The van der Waals surface area contributed by atoms with E-state index < -0.39 is 16.1 Å². The summed E-state index contributed by atoms with van der Waals surface area (Å²) in [5, 5.41) is 2.69. The Labute approximate surface area is 168 Å². The lowest BCUT2D eigenvalue weighted by Crippen LogP contribution is -2.51. The van der Waals surface area contributed by atoms with Gasteiger partial charge in [0.15, 0.2) is 11.5 Å². The van der Waals surface area contributed by atoms with Crippen LogP contribution in [0.5, 0.6) is 11.5 Å². The van der Waals surface area contributed by atoms with Crippen LogP contribution in [0.1, 0.15) is 12.0 Å². The van der Waals surface area contributed by atoms with Gasteiger partial charge in [-0.2, -0.15) is 17.0 Å². The molecule has 2 aliphatic heterocycles. The maximum atomic E-state index is 13.1. The number of hydrogen-bond donors (Lipinski definition) is 1. The molecule has 0 aromatic heterocycles. The Morgan fingerprint density at radius 3 is 2.55 bits per heavy atom. The summed E-state index contributed by atoms with van der Waals surface area (Å²) in [6.07, 6.45) is 0.595. The Morgan fingerprint density at radius 1 is 1.03 bits per heavy atom. The van der Waals surface area contributed by atoms with Crippen LogP contribution in [0.25, 0.3) is 0 Å². The van der Waals surface area contributed by atoms with Gasteiger partial charge in [-0.15, -0.1) is 0 Å². The average molecular weight is 421 g/mol. The summed E-state index contributed by atoms with van der Waals surface area (Å²) in [5.41, 5.74) is 1.18. The number of rotatable bonds is 5. The highest BCUT2D eigenvalue weighted by molar-refractivity contribution is 7.86. The summed E-state index contributed by atoms with van der Waals surface area (Å²) in [6, 6.07) is 10.7. The van der Waals surface area contributed by atoms with Gasteiger partial charge in [0.05, 0.1) is 6.54 Å². The van der Waals surface area contributed by atoms with Crippen LogP contribution in [-0.2, 0) is 21.5 Å². The predicted molar refractivity (Wildman–Crippen MR) is 103 cm³/mol. The van der Waals surface area contributed by atoms with Crippen LogP contribution >= 0.6 is 0 Å². The second kappa shape index (κ2) is 7.97. The molecule has 0 spiro atoms. The van der Waals surface area contributed by atoms with E-state index in [-0.39, 0.29) is 32.2 Å². The molecule has 8 nitrogen and oxygen atoms in total. The van der Waals surface area contributed by atoms with Gasteiger partial charge in [0.2, 0.25) is 12.7 Å². The fourth-order valence-electron chi connectivity index (χ4n) is 3.27. The fraction of sp³-hybridized carbons (Fsp3) is 0.316. The number of amides is 1. The topological polar surface area (TPSA) is 88.2 Å². The average Bonchev–Trinajstić information content (AvgIpc) is 3.14. The number of halogens is 1. The Kier molecular flexibility index (Phi) is 5.39. The lowest BCUT2D eigenvalue weighted by atomic mass is 10.2. The molecule has 0 aliphatic carbocycles. The molecule has 29 heavy (non-hydrogen) atoms. The molecule has 0 bridgehead atoms. The normalized spacial score (nSPS) is 18.5. The van der Waals surface area contributed by atoms with E-state index in [1.54, 1.807) is 30.3 Å². The minimum absolute atomic E-state index is 0.128. The highest BCUT2D eigenvalue weighted by atomic mass is 32.2. The number of benzene rings is 2. The smallest absolute Gasteiger partial charge is 0.282 e. The maximum Gasteiger partial charge on any atom is 0.282 e. The predicted octanol–water partition coefficient (Wildman–Crippen LogP) is 1.95. The Bertz CT molecular complexity index is 1010. The summed E-state index contributed by atoms with van der Waals surface area (Å²) >= 11 is 0. The molecule has 154 valence electrons. The number of nitrogens with one attached hydrogen (secondary N) is 1. The van der Waals surface area contributed by atoms with Gasteiger partial charge >= 0.3 is 0 Å². The highest BCUT2D eigenvalue weighted by Gasteiger charge is 2.34. The zero-order chi connectivity index (χ0) is 20.4. The number of fused-ring (bicyclic) bond motifs is 1.